The van der Waals surface area contributed by atoms with E-state index < -0.39 is 34.0 Å². The Hall–Kier alpha value is -2.12. The highest BCUT2D eigenvalue weighted by molar-refractivity contribution is 5.84. The number of hydrogen-bond acceptors (Lipinski definition) is 5. The maximum atomic E-state index is 12.3. The largest absolute Gasteiger partial charge is 0.501 e. The number of halogens is 2. The number of aldehydes is 1. The SMILES string of the molecule is O=Cc1c(C(F)F)ncc(O)c1[N+](=O)[O-]. The second kappa shape index (κ2) is 3.95. The Bertz CT molecular complexity index is 422. The number of hydrogen-bond donors (Lipinski definition) is 1. The third-order valence-corrected chi connectivity index (χ3v) is 1.61. The lowest BCUT2D eigenvalue weighted by atomic mass is 10.1. The highest BCUT2D eigenvalue weighted by Gasteiger charge is 2.27. The van der Waals surface area contributed by atoms with Crippen molar-refractivity contribution in [2.45, 2.75) is 6.43 Å². The van der Waals surface area contributed by atoms with Gasteiger partial charge in [-0.1, -0.05) is 0 Å². The lowest BCUT2D eigenvalue weighted by Crippen LogP contribution is -2.03. The maximum Gasteiger partial charge on any atom is 0.324 e. The lowest BCUT2D eigenvalue weighted by Gasteiger charge is -2.03. The lowest BCUT2D eigenvalue weighted by molar-refractivity contribution is -0.386. The van der Waals surface area contributed by atoms with Crippen LogP contribution in [-0.4, -0.2) is 21.3 Å². The molecule has 8 heteroatoms. The summed E-state index contributed by atoms with van der Waals surface area (Å²) in [6.07, 6.45) is -2.75. The third kappa shape index (κ3) is 1.87. The Morgan fingerprint density at radius 3 is 2.60 bits per heavy atom. The highest BCUT2D eigenvalue weighted by Crippen LogP contribution is 2.33. The Labute approximate surface area is 81.3 Å². The summed E-state index contributed by atoms with van der Waals surface area (Å²) in [4.78, 5) is 22.7. The molecule has 1 aromatic rings. The Morgan fingerprint density at radius 1 is 1.60 bits per heavy atom. The number of aromatic nitrogens is 1. The molecule has 0 bridgehead atoms. The average Bonchev–Trinajstić information content (AvgIpc) is 2.15. The van der Waals surface area contributed by atoms with Crippen molar-refractivity contribution in [1.29, 1.82) is 0 Å². The van der Waals surface area contributed by atoms with Gasteiger partial charge in [-0.05, 0) is 0 Å². The molecule has 15 heavy (non-hydrogen) atoms. The van der Waals surface area contributed by atoms with Gasteiger partial charge in [-0.15, -0.1) is 0 Å². The summed E-state index contributed by atoms with van der Waals surface area (Å²) in [6.45, 7) is 0. The van der Waals surface area contributed by atoms with E-state index in [1.165, 1.54) is 0 Å². The fourth-order valence-corrected chi connectivity index (χ4v) is 1.00. The van der Waals surface area contributed by atoms with Crippen LogP contribution in [0.1, 0.15) is 22.5 Å². The summed E-state index contributed by atoms with van der Waals surface area (Å²) >= 11 is 0. The van der Waals surface area contributed by atoms with E-state index in [1.807, 2.05) is 0 Å². The van der Waals surface area contributed by atoms with Crippen LogP contribution in [0, 0.1) is 10.1 Å². The van der Waals surface area contributed by atoms with E-state index in [0.29, 0.717) is 6.20 Å². The van der Waals surface area contributed by atoms with Gasteiger partial charge < -0.3 is 5.11 Å². The molecule has 1 rings (SSSR count). The van der Waals surface area contributed by atoms with Crippen LogP contribution in [-0.2, 0) is 0 Å². The quantitative estimate of drug-likeness (QED) is 0.470. The van der Waals surface area contributed by atoms with Crippen LogP contribution < -0.4 is 0 Å². The van der Waals surface area contributed by atoms with Crippen molar-refractivity contribution in [2.75, 3.05) is 0 Å². The second-order valence-electron chi connectivity index (χ2n) is 2.47. The van der Waals surface area contributed by atoms with Crippen molar-refractivity contribution in [3.63, 3.8) is 0 Å². The molecule has 0 radical (unpaired) electrons. The minimum atomic E-state index is -3.12. The second-order valence-corrected chi connectivity index (χ2v) is 2.47. The van der Waals surface area contributed by atoms with Gasteiger partial charge in [-0.2, -0.15) is 0 Å². The molecular weight excluding hydrogens is 214 g/mol. The molecule has 6 nitrogen and oxygen atoms in total. The fraction of sp³-hybridized carbons (Fsp3) is 0.143. The van der Waals surface area contributed by atoms with Gasteiger partial charge in [0.1, 0.15) is 11.3 Å². The summed E-state index contributed by atoms with van der Waals surface area (Å²) in [5.74, 6) is -0.925. The van der Waals surface area contributed by atoms with Crippen LogP contribution in [0.25, 0.3) is 0 Å². The van der Waals surface area contributed by atoms with E-state index in [-0.39, 0.29) is 6.29 Å². The summed E-state index contributed by atoms with van der Waals surface area (Å²) in [5, 5.41) is 19.4. The monoisotopic (exact) mass is 218 g/mol. The van der Waals surface area contributed by atoms with Crippen LogP contribution in [0.3, 0.4) is 0 Å². The van der Waals surface area contributed by atoms with Crippen LogP contribution >= 0.6 is 0 Å². The number of nitro groups is 1. The molecule has 0 unspecified atom stereocenters. The van der Waals surface area contributed by atoms with E-state index in [4.69, 9.17) is 5.11 Å². The number of nitrogens with zero attached hydrogens (tertiary/aromatic N) is 2. The predicted octanol–water partition coefficient (Wildman–Crippen LogP) is 1.45. The van der Waals surface area contributed by atoms with E-state index in [9.17, 15) is 23.7 Å². The molecule has 0 saturated heterocycles. The smallest absolute Gasteiger partial charge is 0.324 e. The zero-order valence-corrected chi connectivity index (χ0v) is 7.05. The fourth-order valence-electron chi connectivity index (χ4n) is 1.00. The first-order chi connectivity index (χ1) is 6.99. The van der Waals surface area contributed by atoms with E-state index in [2.05, 4.69) is 4.98 Å². The molecule has 0 atom stereocenters. The number of carbonyl (C=O) groups is 1. The zero-order chi connectivity index (χ0) is 11.6. The minimum absolute atomic E-state index is 0.133. The van der Waals surface area contributed by atoms with Gasteiger partial charge in [-0.25, -0.2) is 8.78 Å². The van der Waals surface area contributed by atoms with Gasteiger partial charge in [0.05, 0.1) is 11.1 Å². The minimum Gasteiger partial charge on any atom is -0.501 e. The van der Waals surface area contributed by atoms with Crippen molar-refractivity contribution in [3.8, 4) is 5.75 Å². The molecule has 1 aromatic heterocycles. The number of pyridine rings is 1. The standard InChI is InChI=1S/C7H4F2N2O4/c8-7(9)5-3(2-12)6(11(14)15)4(13)1-10-5/h1-2,7,13H. The van der Waals surface area contributed by atoms with Gasteiger partial charge >= 0.3 is 5.69 Å². The van der Waals surface area contributed by atoms with E-state index >= 15 is 0 Å². The Balaban J connectivity index is 3.54. The van der Waals surface area contributed by atoms with Crippen LogP contribution in [0.2, 0.25) is 0 Å². The van der Waals surface area contributed by atoms with Gasteiger partial charge in [0.15, 0.2) is 6.29 Å². The normalized spacial score (nSPS) is 10.3. The molecule has 0 aliphatic rings. The van der Waals surface area contributed by atoms with Crippen LogP contribution in [0.5, 0.6) is 5.75 Å². The van der Waals surface area contributed by atoms with Gasteiger partial charge in [-0.3, -0.25) is 19.9 Å². The number of alkyl halides is 2. The summed E-state index contributed by atoms with van der Waals surface area (Å²) < 4.78 is 24.5. The molecule has 1 heterocycles. The average molecular weight is 218 g/mol. The Kier molecular flexibility index (Phi) is 2.88. The molecule has 0 saturated carbocycles. The number of carbonyl (C=O) groups excluding carboxylic acids is 1. The Morgan fingerprint density at radius 2 is 2.20 bits per heavy atom. The van der Waals surface area contributed by atoms with Crippen molar-refractivity contribution in [3.05, 3.63) is 27.6 Å². The zero-order valence-electron chi connectivity index (χ0n) is 7.05. The first kappa shape index (κ1) is 11.0. The molecular formula is C7H4F2N2O4. The molecule has 0 aliphatic heterocycles. The van der Waals surface area contributed by atoms with Gasteiger partial charge in [0.2, 0.25) is 5.75 Å². The summed E-state index contributed by atoms with van der Waals surface area (Å²) in [6, 6.07) is 0. The topological polar surface area (TPSA) is 93.3 Å². The summed E-state index contributed by atoms with van der Waals surface area (Å²) in [5.41, 5.74) is -2.99. The van der Waals surface area contributed by atoms with Crippen molar-refractivity contribution >= 4 is 12.0 Å². The molecule has 0 spiro atoms. The number of aromatic hydroxyl groups is 1. The van der Waals surface area contributed by atoms with Gasteiger partial charge in [0, 0.05) is 0 Å². The van der Waals surface area contributed by atoms with Crippen LogP contribution in [0.4, 0.5) is 14.5 Å². The van der Waals surface area contributed by atoms with Crippen molar-refractivity contribution in [2.24, 2.45) is 0 Å². The first-order valence-corrected chi connectivity index (χ1v) is 3.58. The van der Waals surface area contributed by atoms with E-state index in [0.717, 1.165) is 0 Å². The summed E-state index contributed by atoms with van der Waals surface area (Å²) in [7, 11) is 0. The van der Waals surface area contributed by atoms with E-state index in [1.54, 1.807) is 0 Å². The van der Waals surface area contributed by atoms with Crippen LogP contribution in [0.15, 0.2) is 6.20 Å². The molecule has 80 valence electrons. The first-order valence-electron chi connectivity index (χ1n) is 3.58. The van der Waals surface area contributed by atoms with Crippen molar-refractivity contribution in [1.82, 2.24) is 4.98 Å². The third-order valence-electron chi connectivity index (χ3n) is 1.61. The predicted molar refractivity (Wildman–Crippen MR) is 42.9 cm³/mol. The maximum absolute atomic E-state index is 12.3. The number of rotatable bonds is 3. The van der Waals surface area contributed by atoms with Crippen molar-refractivity contribution < 1.29 is 23.6 Å². The molecule has 0 aromatic carbocycles. The molecule has 0 fully saturated rings. The molecule has 0 aliphatic carbocycles. The molecule has 0 amide bonds. The highest BCUT2D eigenvalue weighted by atomic mass is 19.3. The molecule has 1 N–H and O–H groups in total. The van der Waals surface area contributed by atoms with Gasteiger partial charge in [0.25, 0.3) is 6.43 Å².